The zero-order valence-electron chi connectivity index (χ0n) is 13.0. The number of rotatable bonds is 3. The number of piperidine rings is 1. The van der Waals surface area contributed by atoms with E-state index < -0.39 is 0 Å². The van der Waals surface area contributed by atoms with Gasteiger partial charge in [0.2, 0.25) is 11.6 Å². The van der Waals surface area contributed by atoms with Crippen molar-refractivity contribution in [1.29, 1.82) is 0 Å². The topological polar surface area (TPSA) is 72.3 Å². The number of nitrogens with two attached hydrogens (primary N) is 1. The first-order valence-electron chi connectivity index (χ1n) is 8.05. The highest BCUT2D eigenvalue weighted by Gasteiger charge is 2.24. The highest BCUT2D eigenvalue weighted by atomic mass is 15.4. The van der Waals surface area contributed by atoms with Gasteiger partial charge in [0.15, 0.2) is 5.82 Å². The van der Waals surface area contributed by atoms with Crippen LogP contribution in [-0.4, -0.2) is 32.7 Å². The minimum absolute atomic E-state index is 0.420. The fourth-order valence-electron chi connectivity index (χ4n) is 3.41. The normalized spacial score (nSPS) is 18.4. The van der Waals surface area contributed by atoms with Crippen LogP contribution in [0.2, 0.25) is 0 Å². The molecule has 0 spiro atoms. The second-order valence-corrected chi connectivity index (χ2v) is 6.15. The summed E-state index contributed by atoms with van der Waals surface area (Å²) in [4.78, 5) is 6.39. The zero-order valence-corrected chi connectivity index (χ0v) is 13.0. The number of fused-ring (bicyclic) bond motifs is 1. The van der Waals surface area contributed by atoms with Crippen LogP contribution in [0.15, 0.2) is 42.7 Å². The minimum atomic E-state index is 0.420. The van der Waals surface area contributed by atoms with Gasteiger partial charge in [0.05, 0.1) is 0 Å². The molecular weight excluding hydrogens is 288 g/mol. The van der Waals surface area contributed by atoms with Crippen LogP contribution in [0.4, 0.5) is 11.8 Å². The number of hydrogen-bond donors (Lipinski definition) is 1. The Bertz CT molecular complexity index is 797. The van der Waals surface area contributed by atoms with Gasteiger partial charge in [-0.25, -0.2) is 4.98 Å². The number of anilines is 2. The van der Waals surface area contributed by atoms with E-state index in [4.69, 9.17) is 5.73 Å². The molecule has 1 aliphatic rings. The van der Waals surface area contributed by atoms with Gasteiger partial charge >= 0.3 is 0 Å². The Hall–Kier alpha value is -2.63. The smallest absolute Gasteiger partial charge is 0.231 e. The second kappa shape index (κ2) is 5.87. The largest absolute Gasteiger partial charge is 0.381 e. The SMILES string of the molecule is Nc1nccn2c(N3CCCC(Cc4ccccc4)C3)nnc12. The third kappa shape index (κ3) is 2.72. The average molecular weight is 308 g/mol. The van der Waals surface area contributed by atoms with Gasteiger partial charge in [0, 0.05) is 25.5 Å². The van der Waals surface area contributed by atoms with Crippen molar-refractivity contribution in [2.45, 2.75) is 19.3 Å². The summed E-state index contributed by atoms with van der Waals surface area (Å²) < 4.78 is 1.94. The average Bonchev–Trinajstić information content (AvgIpc) is 3.02. The Labute approximate surface area is 135 Å². The van der Waals surface area contributed by atoms with Gasteiger partial charge in [-0.1, -0.05) is 30.3 Å². The molecule has 1 aliphatic heterocycles. The molecule has 0 saturated carbocycles. The molecule has 3 aromatic rings. The fourth-order valence-corrected chi connectivity index (χ4v) is 3.41. The third-order valence-corrected chi connectivity index (χ3v) is 4.51. The molecule has 6 heteroatoms. The van der Waals surface area contributed by atoms with Gasteiger partial charge in [-0.3, -0.25) is 4.40 Å². The summed E-state index contributed by atoms with van der Waals surface area (Å²) in [5.74, 6) is 1.92. The van der Waals surface area contributed by atoms with E-state index in [9.17, 15) is 0 Å². The molecule has 1 aromatic carbocycles. The maximum absolute atomic E-state index is 5.88. The molecule has 1 fully saturated rings. The maximum atomic E-state index is 5.88. The lowest BCUT2D eigenvalue weighted by Crippen LogP contribution is -2.37. The van der Waals surface area contributed by atoms with Gasteiger partial charge in [-0.15, -0.1) is 10.2 Å². The molecule has 3 heterocycles. The summed E-state index contributed by atoms with van der Waals surface area (Å²) in [5, 5.41) is 8.53. The van der Waals surface area contributed by atoms with Crippen molar-refractivity contribution in [2.75, 3.05) is 23.7 Å². The Morgan fingerprint density at radius 3 is 2.91 bits per heavy atom. The highest BCUT2D eigenvalue weighted by molar-refractivity contribution is 5.61. The molecule has 0 amide bonds. The van der Waals surface area contributed by atoms with Crippen LogP contribution >= 0.6 is 0 Å². The zero-order chi connectivity index (χ0) is 15.6. The Morgan fingerprint density at radius 2 is 2.04 bits per heavy atom. The Kier molecular flexibility index (Phi) is 3.57. The molecule has 0 bridgehead atoms. The van der Waals surface area contributed by atoms with E-state index in [-0.39, 0.29) is 0 Å². The maximum Gasteiger partial charge on any atom is 0.231 e. The number of aromatic nitrogens is 4. The van der Waals surface area contributed by atoms with E-state index in [1.165, 1.54) is 18.4 Å². The van der Waals surface area contributed by atoms with Gasteiger partial charge in [0.25, 0.3) is 0 Å². The van der Waals surface area contributed by atoms with E-state index in [1.54, 1.807) is 6.20 Å². The predicted molar refractivity (Wildman–Crippen MR) is 90.3 cm³/mol. The van der Waals surface area contributed by atoms with Crippen LogP contribution < -0.4 is 10.6 Å². The Morgan fingerprint density at radius 1 is 1.17 bits per heavy atom. The molecule has 6 nitrogen and oxygen atoms in total. The molecule has 0 radical (unpaired) electrons. The lowest BCUT2D eigenvalue weighted by molar-refractivity contribution is 0.408. The van der Waals surface area contributed by atoms with Crippen molar-refractivity contribution in [1.82, 2.24) is 19.6 Å². The molecule has 2 N–H and O–H groups in total. The van der Waals surface area contributed by atoms with E-state index in [0.29, 0.717) is 17.4 Å². The summed E-state index contributed by atoms with van der Waals surface area (Å²) in [6.45, 7) is 2.01. The van der Waals surface area contributed by atoms with E-state index in [2.05, 4.69) is 50.4 Å². The van der Waals surface area contributed by atoms with E-state index >= 15 is 0 Å². The fraction of sp³-hybridized carbons (Fsp3) is 0.353. The number of nitrogen functional groups attached to an aromatic ring is 1. The van der Waals surface area contributed by atoms with Crippen LogP contribution in [0.5, 0.6) is 0 Å². The molecule has 4 rings (SSSR count). The third-order valence-electron chi connectivity index (χ3n) is 4.51. The van der Waals surface area contributed by atoms with Gasteiger partial charge in [-0.05, 0) is 30.7 Å². The molecule has 1 atom stereocenters. The summed E-state index contributed by atoms with van der Waals surface area (Å²) in [6.07, 6.45) is 7.11. The quantitative estimate of drug-likeness (QED) is 0.803. The first-order chi connectivity index (χ1) is 11.3. The first-order valence-corrected chi connectivity index (χ1v) is 8.05. The van der Waals surface area contributed by atoms with Crippen molar-refractivity contribution in [2.24, 2.45) is 5.92 Å². The van der Waals surface area contributed by atoms with Crippen molar-refractivity contribution in [3.63, 3.8) is 0 Å². The lowest BCUT2D eigenvalue weighted by atomic mass is 9.91. The van der Waals surface area contributed by atoms with E-state index in [0.717, 1.165) is 25.5 Å². The van der Waals surface area contributed by atoms with Gasteiger partial charge in [-0.2, -0.15) is 0 Å². The Balaban J connectivity index is 1.56. The lowest BCUT2D eigenvalue weighted by Gasteiger charge is -2.32. The molecular formula is C17H20N6. The van der Waals surface area contributed by atoms with Gasteiger partial charge < -0.3 is 10.6 Å². The highest BCUT2D eigenvalue weighted by Crippen LogP contribution is 2.25. The van der Waals surface area contributed by atoms with Crippen molar-refractivity contribution in [3.8, 4) is 0 Å². The summed E-state index contributed by atoms with van der Waals surface area (Å²) in [6, 6.07) is 10.7. The van der Waals surface area contributed by atoms with Crippen molar-refractivity contribution in [3.05, 3.63) is 48.3 Å². The number of benzene rings is 1. The molecule has 1 unspecified atom stereocenters. The van der Waals surface area contributed by atoms with Crippen LogP contribution in [0, 0.1) is 5.92 Å². The first kappa shape index (κ1) is 14.0. The van der Waals surface area contributed by atoms with Crippen LogP contribution in [0.3, 0.4) is 0 Å². The minimum Gasteiger partial charge on any atom is -0.381 e. The van der Waals surface area contributed by atoms with E-state index in [1.807, 2.05) is 10.6 Å². The molecule has 2 aromatic heterocycles. The predicted octanol–water partition coefficient (Wildman–Crippen LogP) is 2.17. The summed E-state index contributed by atoms with van der Waals surface area (Å²) in [5.41, 5.74) is 7.91. The van der Waals surface area contributed by atoms with Crippen LogP contribution in [0.1, 0.15) is 18.4 Å². The standard InChI is InChI=1S/C17H20N6/c18-15-16-20-21-17(23(16)10-8-19-15)22-9-4-7-14(12-22)11-13-5-2-1-3-6-13/h1-3,5-6,8,10,14H,4,7,9,11-12H2,(H2,18,19). The number of nitrogens with zero attached hydrogens (tertiary/aromatic N) is 5. The second-order valence-electron chi connectivity index (χ2n) is 6.15. The molecule has 1 saturated heterocycles. The van der Waals surface area contributed by atoms with Crippen LogP contribution in [0.25, 0.3) is 5.65 Å². The monoisotopic (exact) mass is 308 g/mol. The summed E-state index contributed by atoms with van der Waals surface area (Å²) in [7, 11) is 0. The van der Waals surface area contributed by atoms with Gasteiger partial charge in [0.1, 0.15) is 0 Å². The van der Waals surface area contributed by atoms with Crippen molar-refractivity contribution >= 4 is 17.4 Å². The molecule has 0 aliphatic carbocycles. The number of hydrogen-bond acceptors (Lipinski definition) is 5. The van der Waals surface area contributed by atoms with Crippen molar-refractivity contribution < 1.29 is 0 Å². The molecule has 118 valence electrons. The van der Waals surface area contributed by atoms with Crippen LogP contribution in [-0.2, 0) is 6.42 Å². The molecule has 23 heavy (non-hydrogen) atoms. The summed E-state index contributed by atoms with van der Waals surface area (Å²) >= 11 is 0.